The Morgan fingerprint density at radius 1 is 0.815 bits per heavy atom. The third-order valence-corrected chi connectivity index (χ3v) is 10.0. The fourth-order valence-corrected chi connectivity index (χ4v) is 6.51. The first-order valence-corrected chi connectivity index (χ1v) is 20.9. The SMILES string of the molecule is CCCCCCCCCCCCCCCCCCOCCCOP(O)OCC(C#N)(CCc1ccc2c(N)ncnn12)OC.N#Cc1ccc(CO)cn1. The fraction of sp³-hybridized carbons (Fsp3) is 0.675. The molecule has 14 heteroatoms. The zero-order valence-electron chi connectivity index (χ0n) is 32.7. The Morgan fingerprint density at radius 2 is 1.44 bits per heavy atom. The lowest BCUT2D eigenvalue weighted by Crippen LogP contribution is -2.35. The van der Waals surface area contributed by atoms with E-state index >= 15 is 0 Å². The third kappa shape index (κ3) is 19.9. The van der Waals surface area contributed by atoms with Crippen molar-refractivity contribution >= 4 is 19.9 Å². The average Bonchev–Trinajstić information content (AvgIpc) is 3.63. The van der Waals surface area contributed by atoms with Crippen LogP contribution < -0.4 is 5.73 Å². The van der Waals surface area contributed by atoms with E-state index in [1.165, 1.54) is 116 Å². The summed E-state index contributed by atoms with van der Waals surface area (Å²) in [5.74, 6) is 0.390. The molecule has 4 N–H and O–H groups in total. The van der Waals surface area contributed by atoms with Gasteiger partial charge in [0.2, 0.25) is 0 Å². The number of nitrogens with two attached hydrogens (primary N) is 1. The molecule has 3 rings (SSSR count). The van der Waals surface area contributed by atoms with Crippen molar-refractivity contribution < 1.29 is 28.5 Å². The number of nitriles is 2. The molecule has 13 nitrogen and oxygen atoms in total. The number of ether oxygens (including phenoxy) is 2. The highest BCUT2D eigenvalue weighted by atomic mass is 31.2. The van der Waals surface area contributed by atoms with Crippen molar-refractivity contribution in [2.24, 2.45) is 0 Å². The summed E-state index contributed by atoms with van der Waals surface area (Å²) in [6.45, 7) is 3.81. The monoisotopic (exact) mass is 769 g/mol. The average molecular weight is 770 g/mol. The Labute approximate surface area is 324 Å². The topological polar surface area (TPSA) is 194 Å². The summed E-state index contributed by atoms with van der Waals surface area (Å²) in [7, 11) is -0.662. The predicted octanol–water partition coefficient (Wildman–Crippen LogP) is 8.52. The molecular weight excluding hydrogens is 705 g/mol. The number of unbranched alkanes of at least 4 members (excludes halogenated alkanes) is 15. The van der Waals surface area contributed by atoms with E-state index in [0.717, 1.165) is 24.3 Å². The van der Waals surface area contributed by atoms with Crippen LogP contribution in [0.5, 0.6) is 0 Å². The number of aromatic nitrogens is 4. The summed E-state index contributed by atoms with van der Waals surface area (Å²) in [5.41, 5.74) is 7.34. The number of hydrogen-bond acceptors (Lipinski definition) is 12. The molecule has 0 aliphatic carbocycles. The van der Waals surface area contributed by atoms with Crippen LogP contribution in [0.15, 0.2) is 36.8 Å². The molecule has 2 unspecified atom stereocenters. The molecule has 3 aromatic rings. The van der Waals surface area contributed by atoms with Crippen molar-refractivity contribution in [1.82, 2.24) is 19.6 Å². The van der Waals surface area contributed by atoms with Crippen LogP contribution in [0.1, 0.15) is 139 Å². The Balaban J connectivity index is 0.000000867. The lowest BCUT2D eigenvalue weighted by Gasteiger charge is -2.25. The van der Waals surface area contributed by atoms with Crippen LogP contribution in [-0.4, -0.2) is 68.7 Å². The van der Waals surface area contributed by atoms with Crippen molar-refractivity contribution in [2.45, 2.75) is 141 Å². The number of nitrogens with zero attached hydrogens (tertiary/aromatic N) is 6. The zero-order chi connectivity index (χ0) is 39.1. The van der Waals surface area contributed by atoms with Gasteiger partial charge in [0.25, 0.3) is 0 Å². The molecule has 0 saturated heterocycles. The summed E-state index contributed by atoms with van der Waals surface area (Å²) < 4.78 is 23.8. The number of fused-ring (bicyclic) bond motifs is 1. The summed E-state index contributed by atoms with van der Waals surface area (Å²) in [6.07, 6.45) is 26.1. The van der Waals surface area contributed by atoms with E-state index in [2.05, 4.69) is 28.1 Å². The van der Waals surface area contributed by atoms with Crippen molar-refractivity contribution in [3.8, 4) is 12.1 Å². The van der Waals surface area contributed by atoms with Gasteiger partial charge in [-0.15, -0.1) is 0 Å². The van der Waals surface area contributed by atoms with Gasteiger partial charge in [-0.25, -0.2) is 14.5 Å². The van der Waals surface area contributed by atoms with E-state index < -0.39 is 14.2 Å². The Morgan fingerprint density at radius 3 is 2.00 bits per heavy atom. The largest absolute Gasteiger partial charge is 0.392 e. The van der Waals surface area contributed by atoms with Gasteiger partial charge in [-0.3, -0.25) is 0 Å². The molecule has 0 aliphatic heterocycles. The summed E-state index contributed by atoms with van der Waals surface area (Å²) in [6, 6.07) is 11.1. The van der Waals surface area contributed by atoms with Gasteiger partial charge in [0.05, 0.1) is 19.8 Å². The number of hydrogen-bond donors (Lipinski definition) is 3. The highest BCUT2D eigenvalue weighted by Crippen LogP contribution is 2.35. The molecule has 0 aromatic carbocycles. The summed E-state index contributed by atoms with van der Waals surface area (Å²) in [4.78, 5) is 17.9. The molecule has 0 amide bonds. The van der Waals surface area contributed by atoms with Gasteiger partial charge in [0, 0.05) is 32.2 Å². The van der Waals surface area contributed by atoms with Gasteiger partial charge >= 0.3 is 8.60 Å². The molecule has 3 heterocycles. The second-order valence-electron chi connectivity index (χ2n) is 13.5. The van der Waals surface area contributed by atoms with Crippen molar-refractivity contribution in [2.75, 3.05) is 39.3 Å². The molecule has 2 atom stereocenters. The van der Waals surface area contributed by atoms with Gasteiger partial charge < -0.3 is 34.3 Å². The van der Waals surface area contributed by atoms with Crippen molar-refractivity contribution in [3.63, 3.8) is 0 Å². The first-order chi connectivity index (χ1) is 26.4. The summed E-state index contributed by atoms with van der Waals surface area (Å²) >= 11 is 0. The van der Waals surface area contributed by atoms with Gasteiger partial charge in [0.1, 0.15) is 29.7 Å². The Hall–Kier alpha value is -3.26. The number of aryl methyl sites for hydroxylation is 1. The van der Waals surface area contributed by atoms with E-state index in [1.54, 1.807) is 16.6 Å². The molecular formula is C40H64N7O6P. The van der Waals surface area contributed by atoms with Crippen LogP contribution in [0.2, 0.25) is 0 Å². The molecule has 0 saturated carbocycles. The third-order valence-electron chi connectivity index (χ3n) is 9.25. The van der Waals surface area contributed by atoms with Crippen molar-refractivity contribution in [1.29, 1.82) is 10.5 Å². The number of nitrogen functional groups attached to an aromatic ring is 1. The maximum atomic E-state index is 10.2. The maximum Gasteiger partial charge on any atom is 0.329 e. The molecule has 54 heavy (non-hydrogen) atoms. The van der Waals surface area contributed by atoms with E-state index in [-0.39, 0.29) is 13.2 Å². The standard InChI is InChI=1S/C33H58N5O5P.C7H6N2O/c1-3-4-5-6-7-8-9-10-11-12-13-14-15-16-17-18-24-41-25-19-26-42-44(39)43-28-33(27-34,40-2)23-22-30-20-21-31-32(35)36-29-37-38(30)31;8-3-7-2-1-6(5-10)4-9-7/h20-21,29,39H,3-19,22-26,28H2,1-2H3,(H2,35,36,37);1-2,4,10H,5H2. The minimum Gasteiger partial charge on any atom is -0.392 e. The second-order valence-corrected chi connectivity index (χ2v) is 14.5. The smallest absolute Gasteiger partial charge is 0.329 e. The van der Waals surface area contributed by atoms with E-state index in [1.807, 2.05) is 18.2 Å². The van der Waals surface area contributed by atoms with Gasteiger partial charge in [-0.05, 0) is 49.4 Å². The van der Waals surface area contributed by atoms with E-state index in [4.69, 9.17) is 34.6 Å². The lowest BCUT2D eigenvalue weighted by molar-refractivity contribution is -0.0110. The predicted molar refractivity (Wildman–Crippen MR) is 212 cm³/mol. The fourth-order valence-electron chi connectivity index (χ4n) is 5.83. The molecule has 0 spiro atoms. The number of aliphatic hydroxyl groups excluding tert-OH is 1. The molecule has 300 valence electrons. The van der Waals surface area contributed by atoms with Crippen LogP contribution in [-0.2, 0) is 31.5 Å². The maximum absolute atomic E-state index is 10.2. The van der Waals surface area contributed by atoms with Crippen LogP contribution in [0.3, 0.4) is 0 Å². The van der Waals surface area contributed by atoms with E-state index in [9.17, 15) is 10.2 Å². The van der Waals surface area contributed by atoms with Gasteiger partial charge in [0.15, 0.2) is 11.4 Å². The minimum atomic E-state index is -2.12. The number of aliphatic hydroxyl groups is 1. The van der Waals surface area contributed by atoms with Crippen LogP contribution in [0.4, 0.5) is 5.82 Å². The first kappa shape index (κ1) is 46.9. The normalized spacial score (nSPS) is 12.8. The number of pyridine rings is 1. The summed E-state index contributed by atoms with van der Waals surface area (Å²) in [5, 5.41) is 30.9. The van der Waals surface area contributed by atoms with Crippen LogP contribution in [0.25, 0.3) is 5.52 Å². The Kier molecular flexibility index (Phi) is 26.1. The number of rotatable bonds is 30. The molecule has 0 fully saturated rings. The van der Waals surface area contributed by atoms with E-state index in [0.29, 0.717) is 49.5 Å². The number of methoxy groups -OCH3 is 1. The second kappa shape index (κ2) is 30.0. The van der Waals surface area contributed by atoms with Crippen LogP contribution >= 0.6 is 8.60 Å². The highest BCUT2D eigenvalue weighted by molar-refractivity contribution is 7.40. The molecule has 0 radical (unpaired) electrons. The van der Waals surface area contributed by atoms with Gasteiger partial charge in [-0.2, -0.15) is 15.6 Å². The number of anilines is 1. The zero-order valence-corrected chi connectivity index (χ0v) is 33.6. The molecule has 0 aliphatic rings. The lowest BCUT2D eigenvalue weighted by atomic mass is 9.99. The van der Waals surface area contributed by atoms with Crippen LogP contribution in [0, 0.1) is 22.7 Å². The first-order valence-electron chi connectivity index (χ1n) is 19.7. The molecule has 0 bridgehead atoms. The highest BCUT2D eigenvalue weighted by Gasteiger charge is 2.32. The Bertz CT molecular complexity index is 1470. The van der Waals surface area contributed by atoms with Crippen molar-refractivity contribution in [3.05, 3.63) is 53.7 Å². The molecule has 3 aromatic heterocycles. The quantitative estimate of drug-likeness (QED) is 0.0433. The van der Waals surface area contributed by atoms with Gasteiger partial charge in [-0.1, -0.05) is 109 Å². The minimum absolute atomic E-state index is 0.0291.